The zero-order valence-electron chi connectivity index (χ0n) is 10.2. The van der Waals surface area contributed by atoms with E-state index in [1.807, 2.05) is 18.2 Å². The summed E-state index contributed by atoms with van der Waals surface area (Å²) in [4.78, 5) is 16.0. The summed E-state index contributed by atoms with van der Waals surface area (Å²) in [6.07, 6.45) is 2.41. The fourth-order valence-corrected chi connectivity index (χ4v) is 2.06. The molecule has 0 atom stereocenters. The van der Waals surface area contributed by atoms with Crippen LogP contribution in [0.5, 0.6) is 0 Å². The van der Waals surface area contributed by atoms with E-state index in [-0.39, 0.29) is 5.76 Å². The molecular weight excluding hydrogens is 242 g/mol. The van der Waals surface area contributed by atoms with Crippen LogP contribution in [-0.2, 0) is 13.0 Å². The number of hydrogen-bond donors (Lipinski definition) is 1. The smallest absolute Gasteiger partial charge is 0.408 e. The van der Waals surface area contributed by atoms with Crippen molar-refractivity contribution in [1.29, 1.82) is 0 Å². The molecule has 19 heavy (non-hydrogen) atoms. The van der Waals surface area contributed by atoms with Crippen LogP contribution in [-0.4, -0.2) is 9.55 Å². The SMILES string of the molecule is Nc1ccc2oc(=O)n(CCc3ccccn3)c2c1. The second kappa shape index (κ2) is 4.61. The van der Waals surface area contributed by atoms with Crippen molar-refractivity contribution < 1.29 is 4.42 Å². The van der Waals surface area contributed by atoms with Gasteiger partial charge in [0.25, 0.3) is 0 Å². The number of aromatic nitrogens is 2. The molecule has 2 heterocycles. The van der Waals surface area contributed by atoms with Gasteiger partial charge in [-0.3, -0.25) is 9.55 Å². The predicted octanol–water partition coefficient (Wildman–Crippen LogP) is 1.81. The lowest BCUT2D eigenvalue weighted by atomic mass is 10.2. The van der Waals surface area contributed by atoms with Gasteiger partial charge in [-0.05, 0) is 30.3 Å². The third-order valence-electron chi connectivity index (χ3n) is 3.01. The van der Waals surface area contributed by atoms with E-state index in [1.165, 1.54) is 0 Å². The average Bonchev–Trinajstić information content (AvgIpc) is 2.73. The van der Waals surface area contributed by atoms with Gasteiger partial charge in [-0.15, -0.1) is 0 Å². The van der Waals surface area contributed by atoms with Gasteiger partial charge in [0.1, 0.15) is 0 Å². The third-order valence-corrected chi connectivity index (χ3v) is 3.01. The number of hydrogen-bond acceptors (Lipinski definition) is 4. The fraction of sp³-hybridized carbons (Fsp3) is 0.143. The van der Waals surface area contributed by atoms with Crippen molar-refractivity contribution in [2.24, 2.45) is 0 Å². The van der Waals surface area contributed by atoms with E-state index in [2.05, 4.69) is 4.98 Å². The number of rotatable bonds is 3. The van der Waals surface area contributed by atoms with Crippen LogP contribution in [0.25, 0.3) is 11.1 Å². The molecule has 2 aromatic heterocycles. The van der Waals surface area contributed by atoms with Crippen molar-refractivity contribution in [3.05, 3.63) is 58.8 Å². The maximum absolute atomic E-state index is 11.8. The van der Waals surface area contributed by atoms with Crippen LogP contribution in [0.1, 0.15) is 5.69 Å². The van der Waals surface area contributed by atoms with E-state index in [9.17, 15) is 4.79 Å². The lowest BCUT2D eigenvalue weighted by Crippen LogP contribution is -2.15. The Hall–Kier alpha value is -2.56. The molecule has 0 radical (unpaired) electrons. The summed E-state index contributed by atoms with van der Waals surface area (Å²) in [6, 6.07) is 10.9. The van der Waals surface area contributed by atoms with Crippen LogP contribution < -0.4 is 11.5 Å². The largest absolute Gasteiger partial charge is 0.419 e. The molecule has 5 heteroatoms. The molecule has 0 aliphatic carbocycles. The molecular formula is C14H13N3O2. The summed E-state index contributed by atoms with van der Waals surface area (Å²) in [6.45, 7) is 0.520. The van der Waals surface area contributed by atoms with Crippen molar-refractivity contribution in [2.45, 2.75) is 13.0 Å². The number of nitrogen functional groups attached to an aromatic ring is 1. The van der Waals surface area contributed by atoms with Gasteiger partial charge in [-0.25, -0.2) is 4.79 Å². The number of nitrogens with zero attached hydrogens (tertiary/aromatic N) is 2. The number of fused-ring (bicyclic) bond motifs is 1. The molecule has 0 aliphatic heterocycles. The van der Waals surface area contributed by atoms with Gasteiger partial charge >= 0.3 is 5.76 Å². The highest BCUT2D eigenvalue weighted by Gasteiger charge is 2.09. The summed E-state index contributed by atoms with van der Waals surface area (Å²) in [7, 11) is 0. The molecule has 5 nitrogen and oxygen atoms in total. The number of nitrogens with two attached hydrogens (primary N) is 1. The topological polar surface area (TPSA) is 74.0 Å². The highest BCUT2D eigenvalue weighted by atomic mass is 16.4. The molecule has 2 N–H and O–H groups in total. The lowest BCUT2D eigenvalue weighted by Gasteiger charge is -2.02. The van der Waals surface area contributed by atoms with E-state index in [0.29, 0.717) is 24.2 Å². The van der Waals surface area contributed by atoms with Gasteiger partial charge in [-0.1, -0.05) is 6.07 Å². The van der Waals surface area contributed by atoms with E-state index < -0.39 is 0 Å². The molecule has 3 aromatic rings. The van der Waals surface area contributed by atoms with E-state index >= 15 is 0 Å². The van der Waals surface area contributed by atoms with Gasteiger partial charge in [0.15, 0.2) is 5.58 Å². The molecule has 1 aromatic carbocycles. The molecule has 96 valence electrons. The normalized spacial score (nSPS) is 10.9. The Balaban J connectivity index is 1.94. The minimum Gasteiger partial charge on any atom is -0.408 e. The fourth-order valence-electron chi connectivity index (χ4n) is 2.06. The van der Waals surface area contributed by atoms with Crippen molar-refractivity contribution in [2.75, 3.05) is 5.73 Å². The molecule has 0 unspecified atom stereocenters. The van der Waals surface area contributed by atoms with Gasteiger partial charge in [0.05, 0.1) is 5.52 Å². The van der Waals surface area contributed by atoms with Crippen LogP contribution in [0, 0.1) is 0 Å². The molecule has 0 spiro atoms. The first-order valence-electron chi connectivity index (χ1n) is 6.03. The highest BCUT2D eigenvalue weighted by Crippen LogP contribution is 2.16. The highest BCUT2D eigenvalue weighted by molar-refractivity contribution is 5.76. The Morgan fingerprint density at radius 1 is 1.26 bits per heavy atom. The Labute approximate surface area is 109 Å². The van der Waals surface area contributed by atoms with Gasteiger partial charge in [-0.2, -0.15) is 0 Å². The number of oxazole rings is 1. The quantitative estimate of drug-likeness (QED) is 0.724. The number of pyridine rings is 1. The minimum atomic E-state index is -0.364. The molecule has 0 saturated carbocycles. The first-order chi connectivity index (χ1) is 9.24. The van der Waals surface area contributed by atoms with Crippen molar-refractivity contribution in [3.63, 3.8) is 0 Å². The summed E-state index contributed by atoms with van der Waals surface area (Å²) >= 11 is 0. The second-order valence-electron chi connectivity index (χ2n) is 4.32. The summed E-state index contributed by atoms with van der Waals surface area (Å²) < 4.78 is 6.76. The Bertz CT molecular complexity index is 759. The molecule has 0 amide bonds. The minimum absolute atomic E-state index is 0.364. The number of aryl methyl sites for hydroxylation is 2. The van der Waals surface area contributed by atoms with E-state index in [4.69, 9.17) is 10.2 Å². The van der Waals surface area contributed by atoms with E-state index in [0.717, 1.165) is 11.2 Å². The summed E-state index contributed by atoms with van der Waals surface area (Å²) in [5.74, 6) is -0.364. The van der Waals surface area contributed by atoms with Gasteiger partial charge in [0.2, 0.25) is 0 Å². The zero-order chi connectivity index (χ0) is 13.2. The molecule has 0 fully saturated rings. The monoisotopic (exact) mass is 255 g/mol. The first-order valence-corrected chi connectivity index (χ1v) is 6.03. The maximum Gasteiger partial charge on any atom is 0.419 e. The Kier molecular flexibility index (Phi) is 2.79. The number of anilines is 1. The molecule has 0 saturated heterocycles. The van der Waals surface area contributed by atoms with Crippen molar-refractivity contribution in [1.82, 2.24) is 9.55 Å². The van der Waals surface area contributed by atoms with Gasteiger partial charge < -0.3 is 10.2 Å². The summed E-state index contributed by atoms with van der Waals surface area (Å²) in [5, 5.41) is 0. The van der Waals surface area contributed by atoms with E-state index in [1.54, 1.807) is 29.0 Å². The van der Waals surface area contributed by atoms with Gasteiger partial charge in [0, 0.05) is 30.5 Å². The summed E-state index contributed by atoms with van der Waals surface area (Å²) in [5.41, 5.74) is 8.57. The van der Waals surface area contributed by atoms with Crippen LogP contribution in [0.4, 0.5) is 5.69 Å². The standard InChI is InChI=1S/C14H13N3O2/c15-10-4-5-13-12(9-10)17(14(18)19-13)8-6-11-3-1-2-7-16-11/h1-5,7,9H,6,8,15H2. The lowest BCUT2D eigenvalue weighted by molar-refractivity contribution is 0.504. The average molecular weight is 255 g/mol. The van der Waals surface area contributed by atoms with Crippen LogP contribution in [0.2, 0.25) is 0 Å². The predicted molar refractivity (Wildman–Crippen MR) is 72.8 cm³/mol. The zero-order valence-corrected chi connectivity index (χ0v) is 10.2. The Morgan fingerprint density at radius 2 is 2.16 bits per heavy atom. The molecule has 3 rings (SSSR count). The van der Waals surface area contributed by atoms with Crippen LogP contribution >= 0.6 is 0 Å². The maximum atomic E-state index is 11.8. The number of benzene rings is 1. The van der Waals surface area contributed by atoms with Crippen LogP contribution in [0.15, 0.2) is 51.8 Å². The molecule has 0 aliphatic rings. The van der Waals surface area contributed by atoms with Crippen molar-refractivity contribution >= 4 is 16.8 Å². The molecule has 0 bridgehead atoms. The van der Waals surface area contributed by atoms with Crippen molar-refractivity contribution in [3.8, 4) is 0 Å². The second-order valence-corrected chi connectivity index (χ2v) is 4.32. The Morgan fingerprint density at radius 3 is 2.95 bits per heavy atom. The third kappa shape index (κ3) is 2.22. The first kappa shape index (κ1) is 11.5. The van der Waals surface area contributed by atoms with Crippen LogP contribution in [0.3, 0.4) is 0 Å².